The van der Waals surface area contributed by atoms with E-state index in [1.165, 1.54) is 12.0 Å². The van der Waals surface area contributed by atoms with Gasteiger partial charge in [-0.25, -0.2) is 8.42 Å². The van der Waals surface area contributed by atoms with E-state index in [9.17, 15) is 13.2 Å². The van der Waals surface area contributed by atoms with Gasteiger partial charge in [-0.15, -0.1) is 0 Å². The van der Waals surface area contributed by atoms with Crippen molar-refractivity contribution in [3.8, 4) is 0 Å². The van der Waals surface area contributed by atoms with Gasteiger partial charge in [-0.2, -0.15) is 4.31 Å². The predicted molar refractivity (Wildman–Crippen MR) is 94.1 cm³/mol. The van der Waals surface area contributed by atoms with E-state index in [4.69, 9.17) is 0 Å². The van der Waals surface area contributed by atoms with Crippen LogP contribution in [-0.2, 0) is 14.8 Å². The zero-order valence-corrected chi connectivity index (χ0v) is 15.0. The van der Waals surface area contributed by atoms with Crippen molar-refractivity contribution in [1.82, 2.24) is 4.31 Å². The molecule has 5 heteroatoms. The number of allylic oxidation sites excluding steroid dienone is 1. The smallest absolute Gasteiger partial charge is 0.243 e. The number of rotatable bonds is 4. The molecule has 2 atom stereocenters. The van der Waals surface area contributed by atoms with E-state index in [1.54, 1.807) is 16.4 Å². The van der Waals surface area contributed by atoms with Gasteiger partial charge in [0.2, 0.25) is 10.0 Å². The van der Waals surface area contributed by atoms with Gasteiger partial charge in [0.05, 0.1) is 4.90 Å². The van der Waals surface area contributed by atoms with Crippen LogP contribution >= 0.6 is 0 Å². The number of piperidine rings is 1. The molecule has 3 rings (SSSR count). The Kier molecular flexibility index (Phi) is 5.21. The van der Waals surface area contributed by atoms with E-state index < -0.39 is 10.0 Å². The van der Waals surface area contributed by atoms with Crippen molar-refractivity contribution < 1.29 is 13.2 Å². The number of hydrogen-bond acceptors (Lipinski definition) is 3. The summed E-state index contributed by atoms with van der Waals surface area (Å²) in [5.74, 6) is -0.0180. The fourth-order valence-electron chi connectivity index (χ4n) is 3.77. The molecular formula is C19H25NO3S. The molecule has 0 bridgehead atoms. The topological polar surface area (TPSA) is 54.5 Å². The lowest BCUT2D eigenvalue weighted by Crippen LogP contribution is -2.45. The monoisotopic (exact) mass is 347 g/mol. The average Bonchev–Trinajstić information content (AvgIpc) is 2.62. The van der Waals surface area contributed by atoms with Crippen LogP contribution in [0.5, 0.6) is 0 Å². The van der Waals surface area contributed by atoms with Gasteiger partial charge in [0.1, 0.15) is 6.29 Å². The zero-order valence-electron chi connectivity index (χ0n) is 14.1. The van der Waals surface area contributed by atoms with Crippen molar-refractivity contribution in [2.75, 3.05) is 13.1 Å². The van der Waals surface area contributed by atoms with E-state index in [0.29, 0.717) is 24.4 Å². The summed E-state index contributed by atoms with van der Waals surface area (Å²) in [5.41, 5.74) is 2.32. The largest absolute Gasteiger partial charge is 0.303 e. The molecule has 1 aliphatic heterocycles. The van der Waals surface area contributed by atoms with Crippen LogP contribution in [0.2, 0.25) is 0 Å². The number of carbonyl (C=O) groups is 1. The molecule has 1 saturated heterocycles. The van der Waals surface area contributed by atoms with Crippen LogP contribution in [0.4, 0.5) is 0 Å². The molecule has 130 valence electrons. The van der Waals surface area contributed by atoms with Gasteiger partial charge in [-0.3, -0.25) is 0 Å². The molecule has 0 spiro atoms. The molecule has 0 amide bonds. The Morgan fingerprint density at radius 1 is 1.17 bits per heavy atom. The fraction of sp³-hybridized carbons (Fsp3) is 0.526. The van der Waals surface area contributed by atoms with Gasteiger partial charge in [-0.05, 0) is 51.2 Å². The first kappa shape index (κ1) is 17.4. The van der Waals surface area contributed by atoms with Crippen molar-refractivity contribution in [1.29, 1.82) is 0 Å². The number of aldehydes is 1. The van der Waals surface area contributed by atoms with Crippen LogP contribution < -0.4 is 0 Å². The van der Waals surface area contributed by atoms with Crippen molar-refractivity contribution in [3.05, 3.63) is 41.5 Å². The molecule has 0 saturated carbocycles. The Morgan fingerprint density at radius 3 is 2.54 bits per heavy atom. The van der Waals surface area contributed by atoms with Crippen LogP contribution in [0.25, 0.3) is 0 Å². The molecule has 0 radical (unpaired) electrons. The molecule has 1 heterocycles. The number of hydrogen-bond donors (Lipinski definition) is 0. The quantitative estimate of drug-likeness (QED) is 0.620. The van der Waals surface area contributed by atoms with Crippen LogP contribution in [-0.4, -0.2) is 32.1 Å². The van der Waals surface area contributed by atoms with E-state index in [2.05, 4.69) is 6.08 Å². The van der Waals surface area contributed by atoms with Crippen LogP contribution in [0, 0.1) is 18.8 Å². The number of benzene rings is 1. The lowest BCUT2D eigenvalue weighted by molar-refractivity contribution is -0.113. The highest BCUT2D eigenvalue weighted by Gasteiger charge is 2.37. The molecule has 24 heavy (non-hydrogen) atoms. The van der Waals surface area contributed by atoms with Crippen molar-refractivity contribution in [2.45, 2.75) is 43.9 Å². The molecule has 0 aromatic heterocycles. The molecule has 1 aromatic rings. The maximum absolute atomic E-state index is 12.9. The van der Waals surface area contributed by atoms with Gasteiger partial charge in [0.25, 0.3) is 0 Å². The van der Waals surface area contributed by atoms with Gasteiger partial charge < -0.3 is 4.79 Å². The Balaban J connectivity index is 1.85. The summed E-state index contributed by atoms with van der Waals surface area (Å²) < 4.78 is 27.4. The van der Waals surface area contributed by atoms with Crippen LogP contribution in [0.1, 0.15) is 37.7 Å². The van der Waals surface area contributed by atoms with Gasteiger partial charge in [-0.1, -0.05) is 29.3 Å². The van der Waals surface area contributed by atoms with Gasteiger partial charge in [0.15, 0.2) is 0 Å². The summed E-state index contributed by atoms with van der Waals surface area (Å²) in [7, 11) is -3.49. The highest BCUT2D eigenvalue weighted by molar-refractivity contribution is 7.89. The Labute approximate surface area is 144 Å². The lowest BCUT2D eigenvalue weighted by atomic mass is 9.78. The summed E-state index contributed by atoms with van der Waals surface area (Å²) in [6.45, 7) is 2.78. The molecule has 0 N–H and O–H groups in total. The second-order valence-corrected chi connectivity index (χ2v) is 8.83. The standard InChI is InChI=1S/C19H25NO3S/c1-15-7-9-18(10-8-15)24(22,23)20-12-11-17(14-21)19(13-20)16-5-3-2-4-6-16/h5,7-10,14,17,19H,2-4,6,11-13H2,1H3/t17-,19-/m0/s1. The third-order valence-corrected chi connectivity index (χ3v) is 7.14. The highest BCUT2D eigenvalue weighted by atomic mass is 32.2. The van der Waals surface area contributed by atoms with Crippen molar-refractivity contribution >= 4 is 16.3 Å². The Bertz CT molecular complexity index is 721. The number of nitrogens with zero attached hydrogens (tertiary/aromatic N) is 1. The minimum atomic E-state index is -3.49. The lowest BCUT2D eigenvalue weighted by Gasteiger charge is -2.37. The Hall–Kier alpha value is -1.46. The molecule has 4 nitrogen and oxygen atoms in total. The first-order valence-corrected chi connectivity index (χ1v) is 10.2. The summed E-state index contributed by atoms with van der Waals surface area (Å²) >= 11 is 0. The summed E-state index contributed by atoms with van der Waals surface area (Å²) in [5, 5.41) is 0. The highest BCUT2D eigenvalue weighted by Crippen LogP contribution is 2.35. The second-order valence-electron chi connectivity index (χ2n) is 6.90. The maximum Gasteiger partial charge on any atom is 0.243 e. The SMILES string of the molecule is Cc1ccc(S(=O)(=O)N2CC[C@@H](C=O)[C@H](C3=CCCCC3)C2)cc1. The zero-order chi connectivity index (χ0) is 17.2. The molecule has 1 aromatic carbocycles. The van der Waals surface area contributed by atoms with E-state index in [-0.39, 0.29) is 11.8 Å². The second kappa shape index (κ2) is 7.19. The van der Waals surface area contributed by atoms with Crippen molar-refractivity contribution in [3.63, 3.8) is 0 Å². The predicted octanol–water partition coefficient (Wildman–Crippen LogP) is 3.32. The van der Waals surface area contributed by atoms with Gasteiger partial charge in [0, 0.05) is 24.9 Å². The van der Waals surface area contributed by atoms with Gasteiger partial charge >= 0.3 is 0 Å². The third kappa shape index (κ3) is 3.47. The molecule has 0 unspecified atom stereocenters. The van der Waals surface area contributed by atoms with Crippen molar-refractivity contribution in [2.24, 2.45) is 11.8 Å². The minimum absolute atomic E-state index is 0.0387. The van der Waals surface area contributed by atoms with Crippen LogP contribution in [0.15, 0.2) is 40.8 Å². The number of carbonyl (C=O) groups excluding carboxylic acids is 1. The molecular weight excluding hydrogens is 322 g/mol. The number of sulfonamides is 1. The van der Waals surface area contributed by atoms with E-state index >= 15 is 0 Å². The number of aryl methyl sites for hydroxylation is 1. The third-order valence-electron chi connectivity index (χ3n) is 5.26. The first-order chi connectivity index (χ1) is 11.5. The normalized spacial score (nSPS) is 26.0. The molecule has 1 fully saturated rings. The first-order valence-electron chi connectivity index (χ1n) is 8.73. The average molecular weight is 347 g/mol. The maximum atomic E-state index is 12.9. The summed E-state index contributed by atoms with van der Waals surface area (Å²) in [6, 6.07) is 7.00. The van der Waals surface area contributed by atoms with Crippen LogP contribution in [0.3, 0.4) is 0 Å². The van der Waals surface area contributed by atoms with E-state index in [0.717, 1.165) is 31.1 Å². The summed E-state index contributed by atoms with van der Waals surface area (Å²) in [6.07, 6.45) is 8.22. The molecule has 1 aliphatic carbocycles. The minimum Gasteiger partial charge on any atom is -0.303 e. The summed E-state index contributed by atoms with van der Waals surface area (Å²) in [4.78, 5) is 11.8. The van der Waals surface area contributed by atoms with E-state index in [1.807, 2.05) is 19.1 Å². The molecule has 2 aliphatic rings. The Morgan fingerprint density at radius 2 is 1.92 bits per heavy atom. The fourth-order valence-corrected chi connectivity index (χ4v) is 5.25.